The average molecular weight is 181 g/mol. The van der Waals surface area contributed by atoms with E-state index >= 15 is 0 Å². The van der Waals surface area contributed by atoms with Crippen molar-refractivity contribution in [3.05, 3.63) is 60.0 Å². The summed E-state index contributed by atoms with van der Waals surface area (Å²) in [5.41, 5.74) is 4.04. The number of para-hydroxylation sites is 1. The summed E-state index contributed by atoms with van der Waals surface area (Å²) in [5, 5.41) is 0. The average Bonchev–Trinajstić information content (AvgIpc) is 2.44. The molecule has 0 spiro atoms. The van der Waals surface area contributed by atoms with Crippen molar-refractivity contribution in [1.82, 2.24) is 0 Å². The molecule has 0 aromatic heterocycles. The van der Waals surface area contributed by atoms with Gasteiger partial charge in [0, 0.05) is 12.4 Å². The lowest BCUT2D eigenvalue weighted by Gasteiger charge is -2.24. The minimum atomic E-state index is 1.04. The van der Waals surface area contributed by atoms with Gasteiger partial charge in [-0.05, 0) is 23.6 Å². The Bertz CT molecular complexity index is 452. The van der Waals surface area contributed by atoms with E-state index in [1.807, 2.05) is 0 Å². The fourth-order valence-electron chi connectivity index (χ4n) is 2.02. The second-order valence-electron chi connectivity index (χ2n) is 3.55. The first-order chi connectivity index (χ1) is 6.95. The molecule has 2 heterocycles. The van der Waals surface area contributed by atoms with Gasteiger partial charge in [0.1, 0.15) is 0 Å². The van der Waals surface area contributed by atoms with Gasteiger partial charge in [-0.25, -0.2) is 0 Å². The van der Waals surface area contributed by atoms with E-state index in [0.29, 0.717) is 0 Å². The highest BCUT2D eigenvalue weighted by Gasteiger charge is 2.14. The van der Waals surface area contributed by atoms with Gasteiger partial charge in [0.25, 0.3) is 0 Å². The van der Waals surface area contributed by atoms with Crippen molar-refractivity contribution in [1.29, 1.82) is 0 Å². The molecule has 1 aromatic rings. The van der Waals surface area contributed by atoms with Crippen molar-refractivity contribution in [2.24, 2.45) is 0 Å². The highest BCUT2D eigenvalue weighted by Crippen LogP contribution is 2.32. The van der Waals surface area contributed by atoms with Crippen LogP contribution in [0.4, 0.5) is 5.69 Å². The minimum Gasteiger partial charge on any atom is -0.323 e. The van der Waals surface area contributed by atoms with Gasteiger partial charge >= 0.3 is 0 Å². The van der Waals surface area contributed by atoms with E-state index in [4.69, 9.17) is 0 Å². The minimum absolute atomic E-state index is 1.04. The van der Waals surface area contributed by atoms with Crippen LogP contribution in [-0.4, -0.2) is 0 Å². The van der Waals surface area contributed by atoms with Gasteiger partial charge < -0.3 is 4.90 Å². The highest BCUT2D eigenvalue weighted by atomic mass is 15.1. The monoisotopic (exact) mass is 181 g/mol. The Balaban J connectivity index is 2.30. The van der Waals surface area contributed by atoms with Crippen molar-refractivity contribution in [2.45, 2.75) is 6.42 Å². The van der Waals surface area contributed by atoms with Gasteiger partial charge in [0.05, 0.1) is 5.69 Å². The summed E-state index contributed by atoms with van der Waals surface area (Å²) >= 11 is 0. The molecular formula is C13H11N. The molecule has 0 unspecified atom stereocenters. The summed E-state index contributed by atoms with van der Waals surface area (Å²) in [5.74, 6) is 0. The molecule has 14 heavy (non-hydrogen) atoms. The van der Waals surface area contributed by atoms with E-state index in [0.717, 1.165) is 6.42 Å². The van der Waals surface area contributed by atoms with Crippen LogP contribution < -0.4 is 4.90 Å². The zero-order valence-corrected chi connectivity index (χ0v) is 7.85. The number of hydrogen-bond donors (Lipinski definition) is 0. The third-order valence-electron chi connectivity index (χ3n) is 2.65. The van der Waals surface area contributed by atoms with E-state index in [2.05, 4.69) is 59.8 Å². The summed E-state index contributed by atoms with van der Waals surface area (Å²) in [6.07, 6.45) is 13.8. The first-order valence-electron chi connectivity index (χ1n) is 4.87. The Morgan fingerprint density at radius 2 is 2.07 bits per heavy atom. The van der Waals surface area contributed by atoms with Gasteiger partial charge in [0.2, 0.25) is 0 Å². The van der Waals surface area contributed by atoms with Crippen LogP contribution in [-0.2, 0) is 6.42 Å². The molecule has 3 rings (SSSR count). The van der Waals surface area contributed by atoms with Gasteiger partial charge in [0.15, 0.2) is 0 Å². The molecule has 0 fully saturated rings. The molecule has 0 bridgehead atoms. The number of nitrogens with zero attached hydrogens (tertiary/aromatic N) is 1. The summed E-state index contributed by atoms with van der Waals surface area (Å²) in [6.45, 7) is 0. The fraction of sp³-hybridized carbons (Fsp3) is 0.0769. The number of anilines is 1. The molecule has 68 valence electrons. The van der Waals surface area contributed by atoms with Gasteiger partial charge in [-0.3, -0.25) is 0 Å². The lowest BCUT2D eigenvalue weighted by Crippen LogP contribution is -2.13. The topological polar surface area (TPSA) is 3.24 Å². The maximum atomic E-state index is 2.20. The van der Waals surface area contributed by atoms with Crippen molar-refractivity contribution < 1.29 is 0 Å². The molecule has 2 aliphatic rings. The molecule has 0 N–H and O–H groups in total. The molecule has 0 radical (unpaired) electrons. The SMILES string of the molecule is C1=Cc2cccc3c2N(C=C1)C=CC3. The van der Waals surface area contributed by atoms with Crippen LogP contribution in [0.1, 0.15) is 11.1 Å². The zero-order valence-electron chi connectivity index (χ0n) is 7.85. The standard InChI is InChI=1S/C13H11N/c1-2-9-14-10-4-8-12-7-3-6-11(5-1)13(12)14/h1-7,9-10H,8H2. The van der Waals surface area contributed by atoms with Crippen LogP contribution >= 0.6 is 0 Å². The summed E-state index contributed by atoms with van der Waals surface area (Å²) < 4.78 is 0. The largest absolute Gasteiger partial charge is 0.323 e. The Morgan fingerprint density at radius 3 is 3.07 bits per heavy atom. The number of allylic oxidation sites excluding steroid dienone is 3. The van der Waals surface area contributed by atoms with E-state index in [9.17, 15) is 0 Å². The van der Waals surface area contributed by atoms with Crippen molar-refractivity contribution in [3.8, 4) is 0 Å². The lowest BCUT2D eigenvalue weighted by atomic mass is 10.0. The third-order valence-corrected chi connectivity index (χ3v) is 2.65. The molecule has 2 aliphatic heterocycles. The first-order valence-corrected chi connectivity index (χ1v) is 4.87. The molecule has 0 saturated carbocycles. The molecule has 0 amide bonds. The van der Waals surface area contributed by atoms with Crippen LogP contribution in [0.2, 0.25) is 0 Å². The van der Waals surface area contributed by atoms with E-state index in [-0.39, 0.29) is 0 Å². The number of benzene rings is 1. The first kappa shape index (κ1) is 7.63. The summed E-state index contributed by atoms with van der Waals surface area (Å²) in [4.78, 5) is 2.19. The molecule has 1 nitrogen and oxygen atoms in total. The van der Waals surface area contributed by atoms with Gasteiger partial charge in [-0.1, -0.05) is 36.4 Å². The Morgan fingerprint density at radius 1 is 1.07 bits per heavy atom. The molecule has 1 aromatic carbocycles. The normalized spacial score (nSPS) is 16.7. The zero-order chi connectivity index (χ0) is 9.38. The van der Waals surface area contributed by atoms with Crippen LogP contribution in [0, 0.1) is 0 Å². The maximum absolute atomic E-state index is 2.20. The molecule has 0 aliphatic carbocycles. The van der Waals surface area contributed by atoms with E-state index in [1.54, 1.807) is 0 Å². The molecule has 0 saturated heterocycles. The smallest absolute Gasteiger partial charge is 0.0556 e. The van der Waals surface area contributed by atoms with Crippen LogP contribution in [0.5, 0.6) is 0 Å². The predicted molar refractivity (Wildman–Crippen MR) is 59.9 cm³/mol. The second kappa shape index (κ2) is 2.88. The van der Waals surface area contributed by atoms with E-state index < -0.39 is 0 Å². The second-order valence-corrected chi connectivity index (χ2v) is 3.55. The maximum Gasteiger partial charge on any atom is 0.0556 e. The lowest BCUT2D eigenvalue weighted by molar-refractivity contribution is 1.13. The van der Waals surface area contributed by atoms with Crippen molar-refractivity contribution >= 4 is 11.8 Å². The quantitative estimate of drug-likeness (QED) is 0.594. The summed E-state index contributed by atoms with van der Waals surface area (Å²) in [7, 11) is 0. The molecule has 0 atom stereocenters. The number of hydrogen-bond acceptors (Lipinski definition) is 1. The highest BCUT2D eigenvalue weighted by molar-refractivity contribution is 5.76. The van der Waals surface area contributed by atoms with Gasteiger partial charge in [-0.15, -0.1) is 0 Å². The van der Waals surface area contributed by atoms with Crippen molar-refractivity contribution in [2.75, 3.05) is 4.90 Å². The third kappa shape index (κ3) is 1.02. The van der Waals surface area contributed by atoms with Crippen LogP contribution in [0.25, 0.3) is 6.08 Å². The van der Waals surface area contributed by atoms with Gasteiger partial charge in [-0.2, -0.15) is 0 Å². The predicted octanol–water partition coefficient (Wildman–Crippen LogP) is 3.10. The molecular weight excluding hydrogens is 170 g/mol. The fourth-order valence-corrected chi connectivity index (χ4v) is 2.02. The van der Waals surface area contributed by atoms with Crippen LogP contribution in [0.15, 0.2) is 48.8 Å². The molecule has 1 heteroatoms. The Labute approximate surface area is 83.7 Å². The number of rotatable bonds is 0. The Kier molecular flexibility index (Phi) is 1.57. The summed E-state index contributed by atoms with van der Waals surface area (Å²) in [6, 6.07) is 6.48. The van der Waals surface area contributed by atoms with E-state index in [1.165, 1.54) is 16.8 Å². The van der Waals surface area contributed by atoms with Crippen LogP contribution in [0.3, 0.4) is 0 Å². The Hall–Kier alpha value is -1.76. The van der Waals surface area contributed by atoms with Crippen molar-refractivity contribution in [3.63, 3.8) is 0 Å².